The molecule has 0 fully saturated rings. The lowest BCUT2D eigenvalue weighted by molar-refractivity contribution is -0.123. The van der Waals surface area contributed by atoms with Crippen LogP contribution in [0.2, 0.25) is 0 Å². The highest BCUT2D eigenvalue weighted by molar-refractivity contribution is 5.98. The predicted molar refractivity (Wildman–Crippen MR) is 98.9 cm³/mol. The molecule has 0 radical (unpaired) electrons. The van der Waals surface area contributed by atoms with E-state index in [9.17, 15) is 18.4 Å². The third-order valence-corrected chi connectivity index (χ3v) is 4.15. The second kappa shape index (κ2) is 7.67. The maximum absolute atomic E-state index is 13.6. The second-order valence-corrected chi connectivity index (χ2v) is 6.26. The van der Waals surface area contributed by atoms with Crippen LogP contribution in [0.3, 0.4) is 0 Å². The van der Waals surface area contributed by atoms with Crippen molar-refractivity contribution in [2.75, 3.05) is 5.32 Å². The van der Waals surface area contributed by atoms with E-state index in [0.717, 1.165) is 29.6 Å². The van der Waals surface area contributed by atoms with Crippen molar-refractivity contribution in [2.45, 2.75) is 26.9 Å². The molecule has 2 aromatic carbocycles. The largest absolute Gasteiger partial charge is 0.449 e. The van der Waals surface area contributed by atoms with Crippen LogP contribution in [0.25, 0.3) is 11.0 Å². The quantitative estimate of drug-likeness (QED) is 0.693. The maximum Gasteiger partial charge on any atom is 0.338 e. The number of benzene rings is 2. The van der Waals surface area contributed by atoms with Gasteiger partial charge in [-0.05, 0) is 51.1 Å². The standard InChI is InChI=1S/C20H17F2N3O3/c1-10-11(2)24-18-8-13(4-7-16(18)23-10)20(27)28-12(3)19(26)25-17-9-14(21)5-6-15(17)22/h4-9,12H,1-3H3,(H,25,26)/t12-/m0/s1. The molecule has 1 N–H and O–H groups in total. The summed E-state index contributed by atoms with van der Waals surface area (Å²) in [6.45, 7) is 4.98. The molecule has 1 atom stereocenters. The summed E-state index contributed by atoms with van der Waals surface area (Å²) in [5.41, 5.74) is 2.55. The number of anilines is 1. The molecule has 0 aliphatic rings. The first kappa shape index (κ1) is 19.3. The monoisotopic (exact) mass is 385 g/mol. The van der Waals surface area contributed by atoms with Crippen LogP contribution in [-0.4, -0.2) is 27.9 Å². The fourth-order valence-corrected chi connectivity index (χ4v) is 2.47. The number of aryl methyl sites for hydroxylation is 2. The minimum absolute atomic E-state index is 0.196. The van der Waals surface area contributed by atoms with E-state index in [1.165, 1.54) is 19.1 Å². The molecule has 0 bridgehead atoms. The average molecular weight is 385 g/mol. The lowest BCUT2D eigenvalue weighted by Crippen LogP contribution is -2.30. The van der Waals surface area contributed by atoms with Gasteiger partial charge in [0.15, 0.2) is 6.10 Å². The van der Waals surface area contributed by atoms with Gasteiger partial charge < -0.3 is 10.1 Å². The smallest absolute Gasteiger partial charge is 0.338 e. The van der Waals surface area contributed by atoms with Gasteiger partial charge in [0.05, 0.1) is 33.7 Å². The lowest BCUT2D eigenvalue weighted by Gasteiger charge is -2.14. The van der Waals surface area contributed by atoms with E-state index in [4.69, 9.17) is 4.74 Å². The van der Waals surface area contributed by atoms with Gasteiger partial charge in [-0.3, -0.25) is 4.79 Å². The molecule has 1 amide bonds. The molecule has 0 aliphatic carbocycles. The number of aromatic nitrogens is 2. The number of amides is 1. The number of hydrogen-bond acceptors (Lipinski definition) is 5. The molecular weight excluding hydrogens is 368 g/mol. The second-order valence-electron chi connectivity index (χ2n) is 6.26. The van der Waals surface area contributed by atoms with Crippen LogP contribution in [0, 0.1) is 25.5 Å². The molecule has 0 saturated carbocycles. The summed E-state index contributed by atoms with van der Waals surface area (Å²) in [5, 5.41) is 2.20. The van der Waals surface area contributed by atoms with Crippen LogP contribution in [0.1, 0.15) is 28.7 Å². The molecule has 144 valence electrons. The minimum atomic E-state index is -1.23. The zero-order valence-corrected chi connectivity index (χ0v) is 15.4. The molecule has 0 aliphatic heterocycles. The van der Waals surface area contributed by atoms with Crippen molar-refractivity contribution < 1.29 is 23.1 Å². The van der Waals surface area contributed by atoms with Crippen LogP contribution in [-0.2, 0) is 9.53 Å². The Kier molecular flexibility index (Phi) is 5.30. The molecule has 1 heterocycles. The first-order chi connectivity index (χ1) is 13.2. The molecule has 1 aromatic heterocycles. The maximum atomic E-state index is 13.6. The molecule has 0 saturated heterocycles. The summed E-state index contributed by atoms with van der Waals surface area (Å²) < 4.78 is 32.0. The summed E-state index contributed by atoms with van der Waals surface area (Å²) in [7, 11) is 0. The van der Waals surface area contributed by atoms with E-state index in [1.807, 2.05) is 13.8 Å². The van der Waals surface area contributed by atoms with E-state index in [2.05, 4.69) is 15.3 Å². The summed E-state index contributed by atoms with van der Waals surface area (Å²) in [6.07, 6.45) is -1.23. The van der Waals surface area contributed by atoms with Crippen LogP contribution in [0.4, 0.5) is 14.5 Å². The number of esters is 1. The number of ether oxygens (including phenoxy) is 1. The van der Waals surface area contributed by atoms with E-state index < -0.39 is 29.6 Å². The first-order valence-corrected chi connectivity index (χ1v) is 8.46. The number of halogens is 2. The average Bonchev–Trinajstić information content (AvgIpc) is 2.65. The molecule has 6 nitrogen and oxygen atoms in total. The lowest BCUT2D eigenvalue weighted by atomic mass is 10.2. The summed E-state index contributed by atoms with van der Waals surface area (Å²) in [6, 6.07) is 7.34. The fraction of sp³-hybridized carbons (Fsp3) is 0.200. The molecule has 3 aromatic rings. The van der Waals surface area contributed by atoms with Gasteiger partial charge in [-0.2, -0.15) is 0 Å². The van der Waals surface area contributed by atoms with Gasteiger partial charge in [0.1, 0.15) is 11.6 Å². The van der Waals surface area contributed by atoms with Crippen LogP contribution < -0.4 is 5.32 Å². The molecule has 0 unspecified atom stereocenters. The highest BCUT2D eigenvalue weighted by Gasteiger charge is 2.21. The molecule has 3 rings (SSSR count). The Morgan fingerprint density at radius 3 is 2.39 bits per heavy atom. The van der Waals surface area contributed by atoms with E-state index in [-0.39, 0.29) is 11.3 Å². The van der Waals surface area contributed by atoms with E-state index in [1.54, 1.807) is 6.07 Å². The van der Waals surface area contributed by atoms with Gasteiger partial charge in [0.2, 0.25) is 0 Å². The zero-order chi connectivity index (χ0) is 20.4. The predicted octanol–water partition coefficient (Wildman–Crippen LogP) is 3.71. The number of nitrogens with one attached hydrogen (secondary N) is 1. The number of fused-ring (bicyclic) bond motifs is 1. The van der Waals surface area contributed by atoms with Crippen molar-refractivity contribution in [3.05, 3.63) is 65.0 Å². The Hall–Kier alpha value is -3.42. The number of carbonyl (C=O) groups is 2. The van der Waals surface area contributed by atoms with Gasteiger partial charge in [-0.15, -0.1) is 0 Å². The zero-order valence-electron chi connectivity index (χ0n) is 15.4. The molecular formula is C20H17F2N3O3. The van der Waals surface area contributed by atoms with Gasteiger partial charge in [-0.1, -0.05) is 0 Å². The van der Waals surface area contributed by atoms with Crippen LogP contribution in [0.5, 0.6) is 0 Å². The Morgan fingerprint density at radius 2 is 1.68 bits per heavy atom. The SMILES string of the molecule is Cc1nc2ccc(C(=O)O[C@@H](C)C(=O)Nc3cc(F)ccc3F)cc2nc1C. The normalized spacial score (nSPS) is 11.9. The third-order valence-electron chi connectivity index (χ3n) is 4.15. The molecule has 8 heteroatoms. The Labute approximate surface area is 159 Å². The highest BCUT2D eigenvalue weighted by atomic mass is 19.1. The minimum Gasteiger partial charge on any atom is -0.449 e. The van der Waals surface area contributed by atoms with Crippen LogP contribution >= 0.6 is 0 Å². The van der Waals surface area contributed by atoms with Crippen LogP contribution in [0.15, 0.2) is 36.4 Å². The molecule has 0 spiro atoms. The Balaban J connectivity index is 1.72. The highest BCUT2D eigenvalue weighted by Crippen LogP contribution is 2.18. The Bertz CT molecular complexity index is 1090. The summed E-state index contributed by atoms with van der Waals surface area (Å²) in [4.78, 5) is 33.2. The number of rotatable bonds is 4. The number of hydrogen-bond donors (Lipinski definition) is 1. The van der Waals surface area contributed by atoms with Crippen molar-refractivity contribution in [1.29, 1.82) is 0 Å². The summed E-state index contributed by atoms with van der Waals surface area (Å²) >= 11 is 0. The van der Waals surface area contributed by atoms with Gasteiger partial charge in [0.25, 0.3) is 5.91 Å². The topological polar surface area (TPSA) is 81.2 Å². The van der Waals surface area contributed by atoms with Crippen molar-refractivity contribution in [2.24, 2.45) is 0 Å². The third kappa shape index (κ3) is 4.11. The number of nitrogens with zero attached hydrogens (tertiary/aromatic N) is 2. The summed E-state index contributed by atoms with van der Waals surface area (Å²) in [5.74, 6) is -3.04. The fourth-order valence-electron chi connectivity index (χ4n) is 2.47. The van der Waals surface area contributed by atoms with E-state index in [0.29, 0.717) is 11.0 Å². The van der Waals surface area contributed by atoms with Gasteiger partial charge >= 0.3 is 5.97 Å². The number of carbonyl (C=O) groups excluding carboxylic acids is 2. The first-order valence-electron chi connectivity index (χ1n) is 8.46. The van der Waals surface area contributed by atoms with Crippen molar-refractivity contribution in [1.82, 2.24) is 9.97 Å². The van der Waals surface area contributed by atoms with Gasteiger partial charge in [0, 0.05) is 6.07 Å². The Morgan fingerprint density at radius 1 is 1.00 bits per heavy atom. The molecule has 28 heavy (non-hydrogen) atoms. The van der Waals surface area contributed by atoms with Gasteiger partial charge in [-0.25, -0.2) is 23.5 Å². The van der Waals surface area contributed by atoms with Crippen molar-refractivity contribution in [3.8, 4) is 0 Å². The van der Waals surface area contributed by atoms with E-state index >= 15 is 0 Å². The van der Waals surface area contributed by atoms with Crippen molar-refractivity contribution >= 4 is 28.6 Å². The van der Waals surface area contributed by atoms with Crippen molar-refractivity contribution in [3.63, 3.8) is 0 Å².